The zero-order valence-corrected chi connectivity index (χ0v) is 19.4. The highest BCUT2D eigenvalue weighted by atomic mass is 16.2. The Morgan fingerprint density at radius 3 is 2.78 bits per heavy atom. The van der Waals surface area contributed by atoms with Gasteiger partial charge < -0.3 is 15.5 Å². The van der Waals surface area contributed by atoms with Gasteiger partial charge in [-0.3, -0.25) is 14.6 Å². The third-order valence-corrected chi connectivity index (χ3v) is 6.95. The van der Waals surface area contributed by atoms with Gasteiger partial charge in [-0.15, -0.1) is 0 Å². The molecule has 0 bridgehead atoms. The molecule has 1 fully saturated rings. The molecular formula is C26H34N4O2. The summed E-state index contributed by atoms with van der Waals surface area (Å²) in [4.78, 5) is 31.1. The molecule has 0 spiro atoms. The van der Waals surface area contributed by atoms with E-state index in [1.54, 1.807) is 6.20 Å². The number of likely N-dealkylation sites (N-methyl/N-ethyl adjacent to an activating group) is 1. The maximum Gasteiger partial charge on any atom is 0.228 e. The average molecular weight is 435 g/mol. The highest BCUT2D eigenvalue weighted by molar-refractivity contribution is 5.99. The van der Waals surface area contributed by atoms with E-state index in [1.807, 2.05) is 18.3 Å². The molecule has 1 aromatic heterocycles. The van der Waals surface area contributed by atoms with Crippen molar-refractivity contribution >= 4 is 17.5 Å². The van der Waals surface area contributed by atoms with Crippen molar-refractivity contribution in [2.75, 3.05) is 26.0 Å². The first kappa shape index (κ1) is 22.5. The standard InChI is InChI=1S/C26H34N4O2/c1-17-19(8-9-24-23(17)14-26(32)29-24)12-22(30(2)3)16-28-25(31)13-21(11-18-6-7-18)20-5-4-10-27-15-20/h4-5,8-10,15,18,21-22H,6-7,11-14,16H2,1-3H3,(H,28,31)(H,29,32)/t21-,22-/m0/s1. The van der Waals surface area contributed by atoms with Gasteiger partial charge in [-0.05, 0) is 80.1 Å². The van der Waals surface area contributed by atoms with Crippen LogP contribution in [0.2, 0.25) is 0 Å². The summed E-state index contributed by atoms with van der Waals surface area (Å²) in [7, 11) is 4.10. The highest BCUT2D eigenvalue weighted by Crippen LogP contribution is 2.39. The van der Waals surface area contributed by atoms with Crippen molar-refractivity contribution in [1.29, 1.82) is 0 Å². The number of hydrogen-bond donors (Lipinski definition) is 2. The number of anilines is 1. The Hall–Kier alpha value is -2.73. The number of nitrogens with one attached hydrogen (secondary N) is 2. The van der Waals surface area contributed by atoms with Crippen LogP contribution in [0.1, 0.15) is 53.9 Å². The molecule has 4 rings (SSSR count). The smallest absolute Gasteiger partial charge is 0.228 e. The summed E-state index contributed by atoms with van der Waals surface area (Å²) in [5.41, 5.74) is 5.61. The van der Waals surface area contributed by atoms with Crippen LogP contribution in [0.3, 0.4) is 0 Å². The van der Waals surface area contributed by atoms with Gasteiger partial charge >= 0.3 is 0 Å². The zero-order valence-electron chi connectivity index (χ0n) is 19.4. The first-order valence-corrected chi connectivity index (χ1v) is 11.6. The molecule has 2 atom stereocenters. The van der Waals surface area contributed by atoms with E-state index >= 15 is 0 Å². The second-order valence-electron chi connectivity index (χ2n) is 9.59. The number of rotatable bonds is 10. The molecule has 0 unspecified atom stereocenters. The topological polar surface area (TPSA) is 74.3 Å². The predicted molar refractivity (Wildman–Crippen MR) is 127 cm³/mol. The zero-order chi connectivity index (χ0) is 22.7. The lowest BCUT2D eigenvalue weighted by Crippen LogP contribution is -2.42. The van der Waals surface area contributed by atoms with E-state index in [-0.39, 0.29) is 23.8 Å². The van der Waals surface area contributed by atoms with Crippen LogP contribution in [0.5, 0.6) is 0 Å². The van der Waals surface area contributed by atoms with E-state index in [0.717, 1.165) is 35.6 Å². The fourth-order valence-corrected chi connectivity index (χ4v) is 4.66. The van der Waals surface area contributed by atoms with Gasteiger partial charge in [0.1, 0.15) is 0 Å². The van der Waals surface area contributed by atoms with Gasteiger partial charge in [0, 0.05) is 37.1 Å². The lowest BCUT2D eigenvalue weighted by Gasteiger charge is -2.26. The van der Waals surface area contributed by atoms with Gasteiger partial charge in [-0.1, -0.05) is 25.0 Å². The Morgan fingerprint density at radius 1 is 1.28 bits per heavy atom. The summed E-state index contributed by atoms with van der Waals surface area (Å²) in [6, 6.07) is 8.33. The minimum Gasteiger partial charge on any atom is -0.355 e. The van der Waals surface area contributed by atoms with Crippen LogP contribution in [0, 0.1) is 12.8 Å². The molecule has 0 saturated heterocycles. The molecule has 1 aliphatic heterocycles. The van der Waals surface area contributed by atoms with Crippen LogP contribution in [-0.4, -0.2) is 48.4 Å². The Morgan fingerprint density at radius 2 is 2.09 bits per heavy atom. The van der Waals surface area contributed by atoms with Crippen LogP contribution < -0.4 is 10.6 Å². The highest BCUT2D eigenvalue weighted by Gasteiger charge is 2.28. The van der Waals surface area contributed by atoms with Crippen molar-refractivity contribution < 1.29 is 9.59 Å². The summed E-state index contributed by atoms with van der Waals surface area (Å²) in [5, 5.41) is 6.11. The van der Waals surface area contributed by atoms with Crippen molar-refractivity contribution in [3.63, 3.8) is 0 Å². The van der Waals surface area contributed by atoms with Gasteiger partial charge in [0.2, 0.25) is 11.8 Å². The van der Waals surface area contributed by atoms with Crippen molar-refractivity contribution in [1.82, 2.24) is 15.2 Å². The number of carbonyl (C=O) groups excluding carboxylic acids is 2. The van der Waals surface area contributed by atoms with Crippen molar-refractivity contribution in [2.24, 2.45) is 5.92 Å². The molecule has 2 N–H and O–H groups in total. The quantitative estimate of drug-likeness (QED) is 0.601. The van der Waals surface area contributed by atoms with Crippen LogP contribution >= 0.6 is 0 Å². The number of aromatic nitrogens is 1. The second kappa shape index (κ2) is 9.82. The predicted octanol–water partition coefficient (Wildman–Crippen LogP) is 3.45. The first-order valence-electron chi connectivity index (χ1n) is 11.6. The summed E-state index contributed by atoms with van der Waals surface area (Å²) >= 11 is 0. The Labute approximate surface area is 190 Å². The van der Waals surface area contributed by atoms with Crippen molar-refractivity contribution in [3.05, 3.63) is 58.9 Å². The molecule has 2 aliphatic rings. The fourth-order valence-electron chi connectivity index (χ4n) is 4.66. The number of amides is 2. The van der Waals surface area contributed by atoms with Crippen molar-refractivity contribution in [3.8, 4) is 0 Å². The van der Waals surface area contributed by atoms with E-state index in [2.05, 4.69) is 53.7 Å². The van der Waals surface area contributed by atoms with Gasteiger partial charge in [0.05, 0.1) is 6.42 Å². The van der Waals surface area contributed by atoms with Gasteiger partial charge in [-0.2, -0.15) is 0 Å². The largest absolute Gasteiger partial charge is 0.355 e. The van der Waals surface area contributed by atoms with Crippen LogP contribution in [0.4, 0.5) is 5.69 Å². The number of fused-ring (bicyclic) bond motifs is 1. The molecule has 1 aromatic carbocycles. The summed E-state index contributed by atoms with van der Waals surface area (Å²) in [6.45, 7) is 2.69. The Balaban J connectivity index is 1.37. The lowest BCUT2D eigenvalue weighted by molar-refractivity contribution is -0.121. The number of benzene rings is 1. The van der Waals surface area contributed by atoms with E-state index in [4.69, 9.17) is 0 Å². The maximum absolute atomic E-state index is 12.9. The number of hydrogen-bond acceptors (Lipinski definition) is 4. The van der Waals surface area contributed by atoms with Crippen molar-refractivity contribution in [2.45, 2.75) is 57.4 Å². The molecule has 170 valence electrons. The maximum atomic E-state index is 12.9. The molecule has 6 heteroatoms. The lowest BCUT2D eigenvalue weighted by atomic mass is 9.91. The minimum atomic E-state index is 0.0611. The molecule has 0 radical (unpaired) electrons. The number of carbonyl (C=O) groups is 2. The monoisotopic (exact) mass is 434 g/mol. The van der Waals surface area contributed by atoms with Gasteiger partial charge in [0.15, 0.2) is 0 Å². The third kappa shape index (κ3) is 5.54. The fraction of sp³-hybridized carbons (Fsp3) is 0.500. The summed E-state index contributed by atoms with van der Waals surface area (Å²) in [6.07, 6.45) is 9.10. The van der Waals surface area contributed by atoms with Gasteiger partial charge in [-0.25, -0.2) is 0 Å². The van der Waals surface area contributed by atoms with E-state index < -0.39 is 0 Å². The SMILES string of the molecule is Cc1c(C[C@@H](CNC(=O)C[C@H](CC2CC2)c2cccnc2)N(C)C)ccc2c1CC(=O)N2. The molecule has 6 nitrogen and oxygen atoms in total. The number of pyridine rings is 1. The molecule has 2 amide bonds. The Bertz CT molecular complexity index is 969. The molecule has 1 saturated carbocycles. The van der Waals surface area contributed by atoms with Crippen LogP contribution in [-0.2, 0) is 22.4 Å². The molecule has 2 heterocycles. The Kier molecular flexibility index (Phi) is 6.89. The summed E-state index contributed by atoms with van der Waals surface area (Å²) < 4.78 is 0. The van der Waals surface area contributed by atoms with Gasteiger partial charge in [0.25, 0.3) is 0 Å². The van der Waals surface area contributed by atoms with E-state index in [9.17, 15) is 9.59 Å². The minimum absolute atomic E-state index is 0.0611. The average Bonchev–Trinajstić information content (AvgIpc) is 3.51. The first-order chi connectivity index (χ1) is 15.4. The molecular weight excluding hydrogens is 400 g/mol. The second-order valence-corrected chi connectivity index (χ2v) is 9.59. The van der Waals surface area contributed by atoms with Crippen LogP contribution in [0.25, 0.3) is 0 Å². The normalized spacial score (nSPS) is 17.1. The number of nitrogens with zero attached hydrogens (tertiary/aromatic N) is 2. The third-order valence-electron chi connectivity index (χ3n) is 6.95. The molecule has 2 aromatic rings. The molecule has 32 heavy (non-hydrogen) atoms. The van der Waals surface area contributed by atoms with E-state index in [1.165, 1.54) is 24.0 Å². The summed E-state index contributed by atoms with van der Waals surface area (Å²) in [5.74, 6) is 1.16. The van der Waals surface area contributed by atoms with Crippen LogP contribution in [0.15, 0.2) is 36.7 Å². The van der Waals surface area contributed by atoms with E-state index in [0.29, 0.717) is 19.4 Å². The molecule has 1 aliphatic carbocycles.